The van der Waals surface area contributed by atoms with Crippen molar-refractivity contribution in [3.63, 3.8) is 0 Å². The van der Waals surface area contributed by atoms with Crippen LogP contribution >= 0.6 is 0 Å². The summed E-state index contributed by atoms with van der Waals surface area (Å²) in [5.41, 5.74) is 2.65. The van der Waals surface area contributed by atoms with Gasteiger partial charge in [0.1, 0.15) is 0 Å². The molecule has 1 aliphatic rings. The summed E-state index contributed by atoms with van der Waals surface area (Å²) < 4.78 is 0. The molecule has 0 amide bonds. The first-order chi connectivity index (χ1) is 7.42. The van der Waals surface area contributed by atoms with Gasteiger partial charge in [0, 0.05) is 18.8 Å². The highest BCUT2D eigenvalue weighted by Gasteiger charge is 2.13. The molecule has 2 rings (SSSR count). The number of hydrogen-bond donors (Lipinski definition) is 0. The van der Waals surface area contributed by atoms with Crippen LogP contribution in [0, 0.1) is 0 Å². The minimum atomic E-state index is 0.729. The van der Waals surface area contributed by atoms with Gasteiger partial charge < -0.3 is 4.90 Å². The fourth-order valence-electron chi connectivity index (χ4n) is 2.21. The summed E-state index contributed by atoms with van der Waals surface area (Å²) >= 11 is 0. The second-order valence-corrected chi connectivity index (χ2v) is 4.06. The van der Waals surface area contributed by atoms with Crippen molar-refractivity contribution in [3.8, 4) is 0 Å². The number of hydrogen-bond acceptors (Lipinski definition) is 2. The van der Waals surface area contributed by atoms with Gasteiger partial charge in [0.25, 0.3) is 0 Å². The van der Waals surface area contributed by atoms with Crippen molar-refractivity contribution >= 4 is 12.4 Å². The van der Waals surface area contributed by atoms with E-state index in [-0.39, 0.29) is 0 Å². The molecule has 80 valence electrons. The van der Waals surface area contributed by atoms with Gasteiger partial charge >= 0.3 is 0 Å². The zero-order valence-electron chi connectivity index (χ0n) is 9.15. The maximum absolute atomic E-state index is 3.98. The lowest BCUT2D eigenvalue weighted by Gasteiger charge is -2.30. The standard InChI is InChI=1S/C13H18N2/c1-14-11-12-7-3-4-8-13(12)15-9-5-2-6-10-15/h3-4,7-8H,1-2,5-6,9-11H2. The smallest absolute Gasteiger partial charge is 0.0652 e. The molecular formula is C13H18N2. The largest absolute Gasteiger partial charge is 0.371 e. The lowest BCUT2D eigenvalue weighted by atomic mass is 10.1. The van der Waals surface area contributed by atoms with Gasteiger partial charge in [-0.25, -0.2) is 0 Å². The van der Waals surface area contributed by atoms with Gasteiger partial charge in [-0.2, -0.15) is 0 Å². The van der Waals surface area contributed by atoms with Crippen LogP contribution in [-0.2, 0) is 6.54 Å². The van der Waals surface area contributed by atoms with Gasteiger partial charge in [-0.3, -0.25) is 4.99 Å². The van der Waals surface area contributed by atoms with Crippen molar-refractivity contribution in [2.24, 2.45) is 4.99 Å². The fourth-order valence-corrected chi connectivity index (χ4v) is 2.21. The Morgan fingerprint density at radius 1 is 1.13 bits per heavy atom. The number of nitrogens with zero attached hydrogens (tertiary/aromatic N) is 2. The Hall–Kier alpha value is -1.31. The Bertz CT molecular complexity index is 327. The Balaban J connectivity index is 2.20. The lowest BCUT2D eigenvalue weighted by Crippen LogP contribution is -2.30. The van der Waals surface area contributed by atoms with Crippen LogP contribution < -0.4 is 4.90 Å². The van der Waals surface area contributed by atoms with Crippen LogP contribution in [-0.4, -0.2) is 19.8 Å². The van der Waals surface area contributed by atoms with Crippen molar-refractivity contribution in [2.75, 3.05) is 18.0 Å². The van der Waals surface area contributed by atoms with E-state index in [1.165, 1.54) is 43.6 Å². The average Bonchev–Trinajstić information content (AvgIpc) is 2.31. The zero-order chi connectivity index (χ0) is 10.5. The number of anilines is 1. The predicted molar refractivity (Wildman–Crippen MR) is 65.8 cm³/mol. The maximum Gasteiger partial charge on any atom is 0.0652 e. The summed E-state index contributed by atoms with van der Waals surface area (Å²) in [7, 11) is 0. The van der Waals surface area contributed by atoms with Gasteiger partial charge in [-0.15, -0.1) is 0 Å². The normalized spacial score (nSPS) is 16.4. The third-order valence-electron chi connectivity index (χ3n) is 2.97. The topological polar surface area (TPSA) is 15.6 Å². The predicted octanol–water partition coefficient (Wildman–Crippen LogP) is 2.88. The van der Waals surface area contributed by atoms with Gasteiger partial charge in [0.15, 0.2) is 0 Å². The molecular weight excluding hydrogens is 184 g/mol. The Kier molecular flexibility index (Phi) is 3.38. The van der Waals surface area contributed by atoms with Gasteiger partial charge in [-0.1, -0.05) is 18.2 Å². The molecule has 2 heteroatoms. The van der Waals surface area contributed by atoms with Crippen molar-refractivity contribution in [1.82, 2.24) is 0 Å². The number of rotatable bonds is 3. The Morgan fingerprint density at radius 3 is 2.60 bits per heavy atom. The van der Waals surface area contributed by atoms with Gasteiger partial charge in [-0.05, 0) is 37.6 Å². The molecule has 1 fully saturated rings. The third kappa shape index (κ3) is 2.38. The van der Waals surface area contributed by atoms with Crippen LogP contribution in [0.4, 0.5) is 5.69 Å². The summed E-state index contributed by atoms with van der Waals surface area (Å²) in [6.45, 7) is 6.68. The first kappa shape index (κ1) is 10.2. The fraction of sp³-hybridized carbons (Fsp3) is 0.462. The minimum absolute atomic E-state index is 0.729. The van der Waals surface area contributed by atoms with E-state index in [9.17, 15) is 0 Å². The van der Waals surface area contributed by atoms with Gasteiger partial charge in [0.05, 0.1) is 6.54 Å². The Labute approximate surface area is 91.6 Å². The Morgan fingerprint density at radius 2 is 1.87 bits per heavy atom. The molecule has 1 aliphatic heterocycles. The highest BCUT2D eigenvalue weighted by atomic mass is 15.1. The van der Waals surface area contributed by atoms with Crippen molar-refractivity contribution in [2.45, 2.75) is 25.8 Å². The molecule has 0 atom stereocenters. The molecule has 0 spiro atoms. The molecule has 1 aromatic carbocycles. The summed E-state index contributed by atoms with van der Waals surface area (Å²) in [6.07, 6.45) is 4.00. The average molecular weight is 202 g/mol. The maximum atomic E-state index is 3.98. The highest BCUT2D eigenvalue weighted by Crippen LogP contribution is 2.24. The van der Waals surface area contributed by atoms with E-state index in [1.54, 1.807) is 0 Å². The lowest BCUT2D eigenvalue weighted by molar-refractivity contribution is 0.576. The third-order valence-corrected chi connectivity index (χ3v) is 2.97. The van der Waals surface area contributed by atoms with Crippen LogP contribution in [0.1, 0.15) is 24.8 Å². The summed E-state index contributed by atoms with van der Waals surface area (Å²) in [5, 5.41) is 0. The molecule has 0 radical (unpaired) electrons. The molecule has 15 heavy (non-hydrogen) atoms. The second kappa shape index (κ2) is 4.96. The number of para-hydroxylation sites is 1. The molecule has 0 unspecified atom stereocenters. The number of aliphatic imine (C=N–C) groups is 1. The van der Waals surface area contributed by atoms with E-state index in [0.29, 0.717) is 0 Å². The van der Waals surface area contributed by atoms with Crippen molar-refractivity contribution in [1.29, 1.82) is 0 Å². The van der Waals surface area contributed by atoms with E-state index in [4.69, 9.17) is 0 Å². The van der Waals surface area contributed by atoms with E-state index in [0.717, 1.165) is 6.54 Å². The van der Waals surface area contributed by atoms with Crippen molar-refractivity contribution < 1.29 is 0 Å². The molecule has 0 bridgehead atoms. The number of benzene rings is 1. The van der Waals surface area contributed by atoms with E-state index >= 15 is 0 Å². The van der Waals surface area contributed by atoms with E-state index in [1.807, 2.05) is 0 Å². The molecule has 1 saturated heterocycles. The molecule has 2 nitrogen and oxygen atoms in total. The highest BCUT2D eigenvalue weighted by molar-refractivity contribution is 5.54. The molecule has 0 aromatic heterocycles. The monoisotopic (exact) mass is 202 g/mol. The molecule has 0 saturated carbocycles. The molecule has 1 aromatic rings. The number of piperidine rings is 1. The van der Waals surface area contributed by atoms with Crippen molar-refractivity contribution in [3.05, 3.63) is 29.8 Å². The van der Waals surface area contributed by atoms with E-state index in [2.05, 4.69) is 40.9 Å². The van der Waals surface area contributed by atoms with Crippen LogP contribution in [0.15, 0.2) is 29.3 Å². The molecule has 0 aliphatic carbocycles. The van der Waals surface area contributed by atoms with Crippen LogP contribution in [0.3, 0.4) is 0 Å². The quantitative estimate of drug-likeness (QED) is 0.688. The first-order valence-corrected chi connectivity index (χ1v) is 5.67. The van der Waals surface area contributed by atoms with Crippen LogP contribution in [0.25, 0.3) is 0 Å². The first-order valence-electron chi connectivity index (χ1n) is 5.67. The van der Waals surface area contributed by atoms with Gasteiger partial charge in [0.2, 0.25) is 0 Å². The molecule has 1 heterocycles. The SMILES string of the molecule is C=NCc1ccccc1N1CCCCC1. The van der Waals surface area contributed by atoms with Crippen LogP contribution in [0.5, 0.6) is 0 Å². The summed E-state index contributed by atoms with van der Waals surface area (Å²) in [4.78, 5) is 6.46. The summed E-state index contributed by atoms with van der Waals surface area (Å²) in [6, 6.07) is 8.54. The zero-order valence-corrected chi connectivity index (χ0v) is 9.15. The van der Waals surface area contributed by atoms with Crippen LogP contribution in [0.2, 0.25) is 0 Å². The molecule has 0 N–H and O–H groups in total. The van der Waals surface area contributed by atoms with E-state index < -0.39 is 0 Å². The second-order valence-electron chi connectivity index (χ2n) is 4.06. The summed E-state index contributed by atoms with van der Waals surface area (Å²) in [5.74, 6) is 0. The minimum Gasteiger partial charge on any atom is -0.371 e.